The van der Waals surface area contributed by atoms with Crippen molar-refractivity contribution in [2.45, 2.75) is 13.3 Å². The van der Waals surface area contributed by atoms with E-state index in [1.54, 1.807) is 21.1 Å². The maximum atomic E-state index is 12.0. The molecule has 6 heteroatoms. The molecule has 30 heavy (non-hydrogen) atoms. The van der Waals surface area contributed by atoms with E-state index in [0.29, 0.717) is 23.7 Å². The van der Waals surface area contributed by atoms with Crippen LogP contribution in [-0.2, 0) is 18.3 Å². The van der Waals surface area contributed by atoms with E-state index in [1.807, 2.05) is 31.3 Å². The number of methoxy groups -OCH3 is 2. The first kappa shape index (κ1) is 18.5. The maximum Gasteiger partial charge on any atom is 0.231 e. The van der Waals surface area contributed by atoms with Crippen LogP contribution in [-0.4, -0.2) is 26.8 Å². The van der Waals surface area contributed by atoms with Crippen LogP contribution in [0.25, 0.3) is 32.4 Å². The number of pyridine rings is 1. The molecule has 0 atom stereocenters. The highest BCUT2D eigenvalue weighted by Crippen LogP contribution is 2.42. The summed E-state index contributed by atoms with van der Waals surface area (Å²) in [7, 11) is 5.28. The minimum Gasteiger partial charge on any atom is -0.493 e. The van der Waals surface area contributed by atoms with Crippen LogP contribution in [0.3, 0.4) is 0 Å². The molecule has 4 aromatic rings. The Morgan fingerprint density at radius 3 is 2.23 bits per heavy atom. The summed E-state index contributed by atoms with van der Waals surface area (Å²) in [5.41, 5.74) is 2.01. The molecule has 0 unspecified atom stereocenters. The summed E-state index contributed by atoms with van der Waals surface area (Å²) >= 11 is 0. The molecule has 0 radical (unpaired) electrons. The highest BCUT2D eigenvalue weighted by atomic mass is 16.7. The lowest BCUT2D eigenvalue weighted by atomic mass is 9.94. The third kappa shape index (κ3) is 2.71. The Bertz CT molecular complexity index is 1360. The van der Waals surface area contributed by atoms with Gasteiger partial charge in [0, 0.05) is 11.8 Å². The molecule has 0 spiro atoms. The summed E-state index contributed by atoms with van der Waals surface area (Å²) in [6.07, 6.45) is 2.42. The second kappa shape index (κ2) is 6.76. The Morgan fingerprint density at radius 2 is 1.57 bits per heavy atom. The molecule has 2 heterocycles. The largest absolute Gasteiger partial charge is 0.493 e. The number of rotatable bonds is 4. The van der Waals surface area contributed by atoms with Gasteiger partial charge in [-0.25, -0.2) is 0 Å². The standard InChI is InChI=1S/C24H22NO5/c1-13(26)5-14-6-18-17-8-21(28-4)20(27-3)7-15(17)11-25(2)24(18)19-10-23-22(9-16(14)19)29-12-30-23/h6-11H,5,12H2,1-4H3/q+1. The van der Waals surface area contributed by atoms with Crippen molar-refractivity contribution in [3.8, 4) is 23.0 Å². The van der Waals surface area contributed by atoms with Gasteiger partial charge in [-0.1, -0.05) is 0 Å². The molecule has 5 rings (SSSR count). The Kier molecular flexibility index (Phi) is 4.17. The summed E-state index contributed by atoms with van der Waals surface area (Å²) in [6, 6.07) is 10.1. The van der Waals surface area contributed by atoms with E-state index < -0.39 is 0 Å². The second-order valence-electron chi connectivity index (χ2n) is 7.60. The number of aromatic nitrogens is 1. The van der Waals surface area contributed by atoms with Gasteiger partial charge < -0.3 is 18.9 Å². The number of aryl methyl sites for hydroxylation is 1. The molecule has 0 N–H and O–H groups in total. The van der Waals surface area contributed by atoms with Crippen LogP contribution in [0.1, 0.15) is 12.5 Å². The molecule has 152 valence electrons. The fraction of sp³-hybridized carbons (Fsp3) is 0.250. The SMILES string of the molecule is COc1cc2c[n+](C)c3c4cc5c(cc4c(CC(C)=O)cc3c2cc1OC)OCO5. The number of fused-ring (bicyclic) bond motifs is 6. The van der Waals surface area contributed by atoms with Crippen molar-refractivity contribution in [2.24, 2.45) is 7.05 Å². The first-order valence-electron chi connectivity index (χ1n) is 9.73. The van der Waals surface area contributed by atoms with Crippen molar-refractivity contribution in [2.75, 3.05) is 21.0 Å². The van der Waals surface area contributed by atoms with Gasteiger partial charge in [-0.3, -0.25) is 4.79 Å². The van der Waals surface area contributed by atoms with Crippen molar-refractivity contribution in [1.29, 1.82) is 0 Å². The monoisotopic (exact) mass is 404 g/mol. The highest BCUT2D eigenvalue weighted by molar-refractivity contribution is 6.16. The lowest BCUT2D eigenvalue weighted by Gasteiger charge is -2.13. The van der Waals surface area contributed by atoms with Gasteiger partial charge in [0.2, 0.25) is 12.3 Å². The number of hydrogen-bond donors (Lipinski definition) is 0. The second-order valence-corrected chi connectivity index (χ2v) is 7.60. The van der Waals surface area contributed by atoms with Crippen LogP contribution < -0.4 is 23.5 Å². The molecule has 1 aliphatic heterocycles. The summed E-state index contributed by atoms with van der Waals surface area (Å²) in [4.78, 5) is 12.0. The number of carbonyl (C=O) groups excluding carboxylic acids is 1. The third-order valence-electron chi connectivity index (χ3n) is 5.66. The van der Waals surface area contributed by atoms with Crippen LogP contribution in [0.5, 0.6) is 23.0 Å². The van der Waals surface area contributed by atoms with E-state index in [0.717, 1.165) is 43.8 Å². The Balaban J connectivity index is 1.96. The number of Topliss-reactive ketones (excluding diaryl/α,β-unsaturated/α-hetero) is 1. The smallest absolute Gasteiger partial charge is 0.231 e. The van der Waals surface area contributed by atoms with E-state index in [9.17, 15) is 4.79 Å². The molecule has 0 aliphatic carbocycles. The minimum atomic E-state index is 0.108. The van der Waals surface area contributed by atoms with Gasteiger partial charge >= 0.3 is 0 Å². The Morgan fingerprint density at radius 1 is 0.933 bits per heavy atom. The van der Waals surface area contributed by atoms with Crippen molar-refractivity contribution >= 4 is 38.2 Å². The zero-order chi connectivity index (χ0) is 21.0. The van der Waals surface area contributed by atoms with Gasteiger partial charge in [0.1, 0.15) is 12.8 Å². The molecule has 0 amide bonds. The molecular weight excluding hydrogens is 382 g/mol. The minimum absolute atomic E-state index is 0.108. The summed E-state index contributed by atoms with van der Waals surface area (Å²) in [5.74, 6) is 2.88. The summed E-state index contributed by atoms with van der Waals surface area (Å²) in [5, 5.41) is 5.12. The predicted molar refractivity (Wildman–Crippen MR) is 114 cm³/mol. The van der Waals surface area contributed by atoms with Crippen LogP contribution in [0.15, 0.2) is 36.5 Å². The van der Waals surface area contributed by atoms with Crippen LogP contribution in [0, 0.1) is 0 Å². The summed E-state index contributed by atoms with van der Waals surface area (Å²) in [6.45, 7) is 1.82. The average Bonchev–Trinajstić information content (AvgIpc) is 3.18. The fourth-order valence-electron chi connectivity index (χ4n) is 4.38. The van der Waals surface area contributed by atoms with E-state index in [2.05, 4.69) is 16.8 Å². The topological polar surface area (TPSA) is 57.9 Å². The van der Waals surface area contributed by atoms with E-state index in [4.69, 9.17) is 18.9 Å². The number of ketones is 1. The average molecular weight is 404 g/mol. The van der Waals surface area contributed by atoms with Gasteiger partial charge in [-0.2, -0.15) is 4.57 Å². The summed E-state index contributed by atoms with van der Waals surface area (Å²) < 4.78 is 24.4. The van der Waals surface area contributed by atoms with Crippen LogP contribution in [0.4, 0.5) is 0 Å². The van der Waals surface area contributed by atoms with Gasteiger partial charge in [-0.15, -0.1) is 0 Å². The van der Waals surface area contributed by atoms with Gasteiger partial charge in [0.15, 0.2) is 29.2 Å². The number of nitrogens with zero attached hydrogens (tertiary/aromatic N) is 1. The van der Waals surface area contributed by atoms with Gasteiger partial charge in [0.25, 0.3) is 0 Å². The highest BCUT2D eigenvalue weighted by Gasteiger charge is 2.23. The number of ether oxygens (including phenoxy) is 4. The van der Waals surface area contributed by atoms with Crippen molar-refractivity contribution in [3.05, 3.63) is 42.1 Å². The molecule has 0 fully saturated rings. The number of benzene rings is 3. The van der Waals surface area contributed by atoms with E-state index in [-0.39, 0.29) is 12.6 Å². The van der Waals surface area contributed by atoms with Crippen LogP contribution in [0.2, 0.25) is 0 Å². The molecule has 0 bridgehead atoms. The lowest BCUT2D eigenvalue weighted by molar-refractivity contribution is -0.642. The predicted octanol–water partition coefficient (Wildman–Crippen LogP) is 3.85. The fourth-order valence-corrected chi connectivity index (χ4v) is 4.38. The van der Waals surface area contributed by atoms with Gasteiger partial charge in [-0.05, 0) is 48.2 Å². The first-order chi connectivity index (χ1) is 14.5. The zero-order valence-corrected chi connectivity index (χ0v) is 17.4. The zero-order valence-electron chi connectivity index (χ0n) is 17.4. The Hall–Kier alpha value is -3.54. The van der Waals surface area contributed by atoms with E-state index in [1.165, 1.54) is 0 Å². The quantitative estimate of drug-likeness (QED) is 0.382. The Labute approximate surface area is 173 Å². The number of hydrogen-bond acceptors (Lipinski definition) is 5. The molecule has 1 aromatic heterocycles. The number of carbonyl (C=O) groups is 1. The van der Waals surface area contributed by atoms with Crippen molar-refractivity contribution < 1.29 is 28.3 Å². The van der Waals surface area contributed by atoms with E-state index >= 15 is 0 Å². The molecular formula is C24H22NO5+. The first-order valence-corrected chi connectivity index (χ1v) is 9.73. The molecule has 0 saturated carbocycles. The van der Waals surface area contributed by atoms with Crippen molar-refractivity contribution in [1.82, 2.24) is 0 Å². The molecule has 0 saturated heterocycles. The van der Waals surface area contributed by atoms with Crippen molar-refractivity contribution in [3.63, 3.8) is 0 Å². The van der Waals surface area contributed by atoms with Gasteiger partial charge in [0.05, 0.1) is 30.4 Å². The molecule has 6 nitrogen and oxygen atoms in total. The molecule has 1 aliphatic rings. The van der Waals surface area contributed by atoms with Crippen LogP contribution >= 0.6 is 0 Å². The molecule has 3 aromatic carbocycles. The third-order valence-corrected chi connectivity index (χ3v) is 5.66. The lowest BCUT2D eigenvalue weighted by Crippen LogP contribution is -2.28. The maximum absolute atomic E-state index is 12.0. The normalized spacial score (nSPS) is 12.7.